The van der Waals surface area contributed by atoms with Gasteiger partial charge in [0.25, 0.3) is 0 Å². The Kier molecular flexibility index (Phi) is 7.70. The van der Waals surface area contributed by atoms with Gasteiger partial charge in [-0.2, -0.15) is 0 Å². The molecule has 1 aromatic rings. The molecule has 0 unspecified atom stereocenters. The molecule has 1 aromatic carbocycles. The SMILES string of the molecule is CC.COC(=O)c1ccc(Br)cc1CBr. The van der Waals surface area contributed by atoms with Crippen molar-refractivity contribution in [1.82, 2.24) is 0 Å². The van der Waals surface area contributed by atoms with Crippen molar-refractivity contribution in [2.75, 3.05) is 7.11 Å². The number of esters is 1. The Morgan fingerprint density at radius 3 is 2.47 bits per heavy atom. The molecule has 0 atom stereocenters. The molecule has 0 saturated heterocycles. The first kappa shape index (κ1) is 14.6. The van der Waals surface area contributed by atoms with Gasteiger partial charge in [-0.15, -0.1) is 0 Å². The van der Waals surface area contributed by atoms with Gasteiger partial charge in [0.15, 0.2) is 0 Å². The maximum Gasteiger partial charge on any atom is 0.338 e. The molecule has 4 heteroatoms. The second kappa shape index (κ2) is 7.88. The average molecular weight is 338 g/mol. The van der Waals surface area contributed by atoms with Gasteiger partial charge in [0.05, 0.1) is 12.7 Å². The van der Waals surface area contributed by atoms with Gasteiger partial charge < -0.3 is 4.74 Å². The van der Waals surface area contributed by atoms with Crippen LogP contribution in [0.3, 0.4) is 0 Å². The van der Waals surface area contributed by atoms with Gasteiger partial charge in [-0.3, -0.25) is 0 Å². The molecular weight excluding hydrogens is 324 g/mol. The van der Waals surface area contributed by atoms with E-state index in [9.17, 15) is 4.79 Å². The highest BCUT2D eigenvalue weighted by Crippen LogP contribution is 2.19. The van der Waals surface area contributed by atoms with Gasteiger partial charge in [0.1, 0.15) is 0 Å². The van der Waals surface area contributed by atoms with Crippen molar-refractivity contribution in [2.45, 2.75) is 19.2 Å². The van der Waals surface area contributed by atoms with Crippen LogP contribution in [0.15, 0.2) is 22.7 Å². The summed E-state index contributed by atoms with van der Waals surface area (Å²) >= 11 is 6.65. The summed E-state index contributed by atoms with van der Waals surface area (Å²) in [6.07, 6.45) is 0. The number of rotatable bonds is 2. The minimum Gasteiger partial charge on any atom is -0.465 e. The topological polar surface area (TPSA) is 26.3 Å². The third kappa shape index (κ3) is 4.34. The Bertz CT molecular complexity index is 324. The minimum atomic E-state index is -0.304. The molecule has 0 radical (unpaired) electrons. The molecule has 0 fully saturated rings. The van der Waals surface area contributed by atoms with Crippen LogP contribution in [-0.2, 0) is 10.1 Å². The summed E-state index contributed by atoms with van der Waals surface area (Å²) in [5, 5.41) is 0.636. The van der Waals surface area contributed by atoms with E-state index >= 15 is 0 Å². The van der Waals surface area contributed by atoms with Gasteiger partial charge in [0, 0.05) is 9.80 Å². The van der Waals surface area contributed by atoms with E-state index in [0.717, 1.165) is 10.0 Å². The second-order valence-electron chi connectivity index (χ2n) is 2.43. The van der Waals surface area contributed by atoms with E-state index in [1.807, 2.05) is 26.0 Å². The molecule has 0 aliphatic heterocycles. The Morgan fingerprint density at radius 2 is 2.00 bits per heavy atom. The molecule has 2 nitrogen and oxygen atoms in total. The molecule has 0 bridgehead atoms. The maximum atomic E-state index is 11.2. The lowest BCUT2D eigenvalue weighted by Gasteiger charge is -2.04. The standard InChI is InChI=1S/C9H8Br2O2.C2H6/c1-13-9(12)8-3-2-7(11)4-6(8)5-10;1-2/h2-4H,5H2,1H3;1-2H3. The van der Waals surface area contributed by atoms with Crippen molar-refractivity contribution in [3.05, 3.63) is 33.8 Å². The monoisotopic (exact) mass is 336 g/mol. The van der Waals surface area contributed by atoms with E-state index < -0.39 is 0 Å². The molecule has 84 valence electrons. The summed E-state index contributed by atoms with van der Waals surface area (Å²) < 4.78 is 5.60. The minimum absolute atomic E-state index is 0.304. The fraction of sp³-hybridized carbons (Fsp3) is 0.364. The van der Waals surface area contributed by atoms with Crippen LogP contribution in [0.4, 0.5) is 0 Å². The van der Waals surface area contributed by atoms with Gasteiger partial charge in [0.2, 0.25) is 0 Å². The number of hydrogen-bond acceptors (Lipinski definition) is 2. The highest BCUT2D eigenvalue weighted by Gasteiger charge is 2.10. The average Bonchev–Trinajstić information content (AvgIpc) is 2.30. The highest BCUT2D eigenvalue weighted by atomic mass is 79.9. The van der Waals surface area contributed by atoms with Crippen molar-refractivity contribution in [3.63, 3.8) is 0 Å². The van der Waals surface area contributed by atoms with Crippen molar-refractivity contribution < 1.29 is 9.53 Å². The fourth-order valence-corrected chi connectivity index (χ4v) is 1.85. The molecule has 1 rings (SSSR count). The Morgan fingerprint density at radius 1 is 1.40 bits per heavy atom. The van der Waals surface area contributed by atoms with Crippen LogP contribution in [0.5, 0.6) is 0 Å². The lowest BCUT2D eigenvalue weighted by molar-refractivity contribution is 0.0600. The number of carbonyl (C=O) groups is 1. The van der Waals surface area contributed by atoms with Crippen LogP contribution < -0.4 is 0 Å². The summed E-state index contributed by atoms with van der Waals surface area (Å²) in [6, 6.07) is 5.45. The third-order valence-corrected chi connectivity index (χ3v) is 2.71. The second-order valence-corrected chi connectivity index (χ2v) is 3.90. The highest BCUT2D eigenvalue weighted by molar-refractivity contribution is 9.10. The number of methoxy groups -OCH3 is 1. The van der Waals surface area contributed by atoms with Gasteiger partial charge >= 0.3 is 5.97 Å². The van der Waals surface area contributed by atoms with Crippen LogP contribution in [-0.4, -0.2) is 13.1 Å². The van der Waals surface area contributed by atoms with E-state index in [4.69, 9.17) is 0 Å². The number of alkyl halides is 1. The van der Waals surface area contributed by atoms with Crippen molar-refractivity contribution >= 4 is 37.8 Å². The molecule has 0 N–H and O–H groups in total. The molecule has 0 aromatic heterocycles. The number of carbonyl (C=O) groups excluding carboxylic acids is 1. The molecule has 0 amide bonds. The summed E-state index contributed by atoms with van der Waals surface area (Å²) in [5.41, 5.74) is 1.52. The lowest BCUT2D eigenvalue weighted by Crippen LogP contribution is -2.04. The Hall–Kier alpha value is -0.350. The molecule has 0 spiro atoms. The first-order valence-electron chi connectivity index (χ1n) is 4.61. The van der Waals surface area contributed by atoms with Crippen LogP contribution in [0.1, 0.15) is 29.8 Å². The van der Waals surface area contributed by atoms with Gasteiger partial charge in [-0.05, 0) is 23.8 Å². The zero-order chi connectivity index (χ0) is 11.8. The van der Waals surface area contributed by atoms with Crippen molar-refractivity contribution in [1.29, 1.82) is 0 Å². The van der Waals surface area contributed by atoms with Crippen LogP contribution in [0, 0.1) is 0 Å². The van der Waals surface area contributed by atoms with E-state index in [2.05, 4.69) is 36.6 Å². The summed E-state index contributed by atoms with van der Waals surface area (Å²) in [7, 11) is 1.38. The Labute approximate surface area is 107 Å². The maximum absolute atomic E-state index is 11.2. The molecule has 0 heterocycles. The third-order valence-electron chi connectivity index (χ3n) is 1.62. The van der Waals surface area contributed by atoms with Crippen LogP contribution >= 0.6 is 31.9 Å². The predicted molar refractivity (Wildman–Crippen MR) is 69.5 cm³/mol. The summed E-state index contributed by atoms with van der Waals surface area (Å²) in [6.45, 7) is 4.00. The van der Waals surface area contributed by atoms with E-state index in [1.54, 1.807) is 6.07 Å². The number of benzene rings is 1. The quantitative estimate of drug-likeness (QED) is 0.598. The van der Waals surface area contributed by atoms with Gasteiger partial charge in [-0.25, -0.2) is 4.79 Å². The number of ether oxygens (including phenoxy) is 1. The number of halogens is 2. The lowest BCUT2D eigenvalue weighted by atomic mass is 10.1. The molecule has 0 aliphatic carbocycles. The normalized spacial score (nSPS) is 8.87. The zero-order valence-corrected chi connectivity index (χ0v) is 12.2. The Balaban J connectivity index is 0.000000921. The van der Waals surface area contributed by atoms with Crippen molar-refractivity contribution in [2.24, 2.45) is 0 Å². The smallest absolute Gasteiger partial charge is 0.338 e. The van der Waals surface area contributed by atoms with Crippen LogP contribution in [0.25, 0.3) is 0 Å². The van der Waals surface area contributed by atoms with Crippen molar-refractivity contribution in [3.8, 4) is 0 Å². The zero-order valence-electron chi connectivity index (χ0n) is 9.01. The van der Waals surface area contributed by atoms with E-state index in [-0.39, 0.29) is 5.97 Å². The summed E-state index contributed by atoms with van der Waals surface area (Å²) in [5.74, 6) is -0.304. The van der Waals surface area contributed by atoms with Gasteiger partial charge in [-0.1, -0.05) is 45.7 Å². The number of hydrogen-bond donors (Lipinski definition) is 0. The fourth-order valence-electron chi connectivity index (χ4n) is 0.982. The predicted octanol–water partition coefficient (Wildman–Crippen LogP) is 4.16. The molecule has 0 aliphatic rings. The van der Waals surface area contributed by atoms with E-state index in [0.29, 0.717) is 10.9 Å². The first-order chi connectivity index (χ1) is 7.19. The molecule has 0 saturated carbocycles. The first-order valence-corrected chi connectivity index (χ1v) is 6.53. The summed E-state index contributed by atoms with van der Waals surface area (Å²) in [4.78, 5) is 11.2. The molecule has 15 heavy (non-hydrogen) atoms. The van der Waals surface area contributed by atoms with E-state index in [1.165, 1.54) is 7.11 Å². The van der Waals surface area contributed by atoms with Crippen LogP contribution in [0.2, 0.25) is 0 Å². The largest absolute Gasteiger partial charge is 0.465 e. The molecular formula is C11H14Br2O2.